The number of Topliss-reactive ketones (excluding diaryl/α,β-unsaturated/α-hetero) is 1. The smallest absolute Gasteiger partial charge is 0.192 e. The van der Waals surface area contributed by atoms with Gasteiger partial charge in [0.15, 0.2) is 11.0 Å². The zero-order valence-electron chi connectivity index (χ0n) is 19.1. The highest BCUT2D eigenvalue weighted by Crippen LogP contribution is 2.60. The number of hydrogen-bond acceptors (Lipinski definition) is 5. The molecule has 32 heavy (non-hydrogen) atoms. The average Bonchev–Trinajstić information content (AvgIpc) is 3.21. The summed E-state index contributed by atoms with van der Waals surface area (Å²) < 4.78 is 2.35. The zero-order valence-corrected chi connectivity index (χ0v) is 19.9. The summed E-state index contributed by atoms with van der Waals surface area (Å²) in [5.74, 6) is 4.93. The van der Waals surface area contributed by atoms with Gasteiger partial charge >= 0.3 is 0 Å². The topological polar surface area (TPSA) is 60.7 Å². The highest BCUT2D eigenvalue weighted by Gasteiger charge is 2.54. The van der Waals surface area contributed by atoms with Crippen molar-refractivity contribution in [1.82, 2.24) is 19.7 Å². The Morgan fingerprint density at radius 3 is 2.47 bits per heavy atom. The Morgan fingerprint density at radius 1 is 1.09 bits per heavy atom. The zero-order chi connectivity index (χ0) is 21.7. The maximum absolute atomic E-state index is 13.6. The van der Waals surface area contributed by atoms with Gasteiger partial charge in [-0.05, 0) is 87.2 Å². The highest BCUT2D eigenvalue weighted by molar-refractivity contribution is 7.99. The molecule has 0 spiro atoms. The van der Waals surface area contributed by atoms with Gasteiger partial charge in [-0.25, -0.2) is 0 Å². The van der Waals surface area contributed by atoms with Crippen molar-refractivity contribution in [2.24, 2.45) is 29.1 Å². The summed E-state index contributed by atoms with van der Waals surface area (Å²) in [5.41, 5.74) is 0.980. The molecule has 6 heteroatoms. The van der Waals surface area contributed by atoms with Crippen LogP contribution in [0.4, 0.5) is 0 Å². The first-order chi connectivity index (χ1) is 15.6. The standard InChI is InChI=1S/C26H34N4OS/c1-17-5-2-3-7-22(17)30-24(21-6-4-8-27-15-21)28-29-25(30)32-16-23(31)26-12-18-9-19(13-26)11-20(10-18)14-26/h4,6,8,15,17-20,22H,2-3,5,7,9-14,16H2,1H3. The summed E-state index contributed by atoms with van der Waals surface area (Å²) in [5, 5.41) is 10.1. The van der Waals surface area contributed by atoms with Crippen LogP contribution in [0.5, 0.6) is 0 Å². The lowest BCUT2D eigenvalue weighted by atomic mass is 9.48. The number of rotatable bonds is 6. The van der Waals surface area contributed by atoms with Crippen molar-refractivity contribution in [2.45, 2.75) is 82.3 Å². The summed E-state index contributed by atoms with van der Waals surface area (Å²) in [6, 6.07) is 4.42. The van der Waals surface area contributed by atoms with Crippen molar-refractivity contribution in [2.75, 3.05) is 5.75 Å². The molecule has 170 valence electrons. The molecule has 5 saturated carbocycles. The molecule has 5 nitrogen and oxygen atoms in total. The van der Waals surface area contributed by atoms with Crippen molar-refractivity contribution in [1.29, 1.82) is 0 Å². The van der Waals surface area contributed by atoms with Gasteiger partial charge in [0.1, 0.15) is 5.78 Å². The minimum Gasteiger partial charge on any atom is -0.299 e. The van der Waals surface area contributed by atoms with E-state index in [1.54, 1.807) is 18.0 Å². The maximum Gasteiger partial charge on any atom is 0.192 e. The van der Waals surface area contributed by atoms with Crippen LogP contribution in [0.15, 0.2) is 29.7 Å². The molecule has 0 N–H and O–H groups in total. The molecule has 0 amide bonds. The van der Waals surface area contributed by atoms with E-state index in [4.69, 9.17) is 0 Å². The molecule has 0 radical (unpaired) electrons. The molecule has 4 bridgehead atoms. The van der Waals surface area contributed by atoms with Crippen LogP contribution in [0.1, 0.15) is 77.2 Å². The number of ketones is 1. The number of thioether (sulfide) groups is 1. The molecule has 0 saturated heterocycles. The number of pyridine rings is 1. The third-order valence-corrected chi connectivity index (χ3v) is 9.89. The molecule has 0 aliphatic heterocycles. The Kier molecular flexibility index (Phi) is 5.39. The number of carbonyl (C=O) groups is 1. The largest absolute Gasteiger partial charge is 0.299 e. The predicted octanol–water partition coefficient (Wildman–Crippen LogP) is 5.97. The average molecular weight is 451 g/mol. The fraction of sp³-hybridized carbons (Fsp3) is 0.692. The first kappa shape index (κ1) is 20.9. The second-order valence-electron chi connectivity index (χ2n) is 11.2. The van der Waals surface area contributed by atoms with Crippen LogP contribution in [0.2, 0.25) is 0 Å². The van der Waals surface area contributed by atoms with Crippen molar-refractivity contribution in [3.8, 4) is 11.4 Å². The van der Waals surface area contributed by atoms with Crippen LogP contribution in [-0.2, 0) is 4.79 Å². The van der Waals surface area contributed by atoms with E-state index in [2.05, 4.69) is 32.7 Å². The third-order valence-electron chi connectivity index (χ3n) is 8.94. The van der Waals surface area contributed by atoms with E-state index in [9.17, 15) is 4.79 Å². The number of hydrogen-bond donors (Lipinski definition) is 0. The Bertz CT molecular complexity index is 952. The normalized spacial score (nSPS) is 35.8. The van der Waals surface area contributed by atoms with Crippen LogP contribution in [0, 0.1) is 29.1 Å². The molecular weight excluding hydrogens is 416 g/mol. The number of carbonyl (C=O) groups excluding carboxylic acids is 1. The minimum absolute atomic E-state index is 0.0308. The van der Waals surface area contributed by atoms with Crippen LogP contribution < -0.4 is 0 Å². The minimum atomic E-state index is -0.0308. The van der Waals surface area contributed by atoms with E-state index in [1.807, 2.05) is 12.3 Å². The molecule has 2 aromatic heterocycles. The van der Waals surface area contributed by atoms with Crippen LogP contribution >= 0.6 is 11.8 Å². The van der Waals surface area contributed by atoms with Gasteiger partial charge < -0.3 is 0 Å². The summed E-state index contributed by atoms with van der Waals surface area (Å²) in [7, 11) is 0. The molecule has 2 aromatic rings. The van der Waals surface area contributed by atoms with E-state index in [0.717, 1.165) is 60.0 Å². The van der Waals surface area contributed by atoms with Crippen LogP contribution in [0.25, 0.3) is 11.4 Å². The number of nitrogens with zero attached hydrogens (tertiary/aromatic N) is 4. The van der Waals surface area contributed by atoms with Gasteiger partial charge in [0.2, 0.25) is 0 Å². The Morgan fingerprint density at radius 2 is 1.81 bits per heavy atom. The van der Waals surface area contributed by atoms with Crippen molar-refractivity contribution < 1.29 is 4.79 Å². The SMILES string of the molecule is CC1CCCCC1n1c(SCC(=O)C23CC4CC(CC(C4)C2)C3)nnc1-c1cccnc1. The Hall–Kier alpha value is -1.69. The lowest BCUT2D eigenvalue weighted by molar-refractivity contribution is -0.141. The monoisotopic (exact) mass is 450 g/mol. The van der Waals surface area contributed by atoms with Crippen molar-refractivity contribution >= 4 is 17.5 Å². The third kappa shape index (κ3) is 3.63. The van der Waals surface area contributed by atoms with Crippen LogP contribution in [0.3, 0.4) is 0 Å². The quantitative estimate of drug-likeness (QED) is 0.508. The van der Waals surface area contributed by atoms with Gasteiger partial charge in [0.25, 0.3) is 0 Å². The summed E-state index contributed by atoms with van der Waals surface area (Å²) in [4.78, 5) is 17.9. The van der Waals surface area contributed by atoms with Gasteiger partial charge in [-0.2, -0.15) is 0 Å². The predicted molar refractivity (Wildman–Crippen MR) is 126 cm³/mol. The summed E-state index contributed by atoms with van der Waals surface area (Å²) in [6.45, 7) is 2.35. The fourth-order valence-electron chi connectivity index (χ4n) is 7.78. The first-order valence-electron chi connectivity index (χ1n) is 12.6. The molecule has 2 heterocycles. The second-order valence-corrected chi connectivity index (χ2v) is 12.1. The fourth-order valence-corrected chi connectivity index (χ4v) is 8.81. The van der Waals surface area contributed by atoms with E-state index >= 15 is 0 Å². The van der Waals surface area contributed by atoms with E-state index in [-0.39, 0.29) is 5.41 Å². The molecule has 5 fully saturated rings. The van der Waals surface area contributed by atoms with E-state index < -0.39 is 0 Å². The van der Waals surface area contributed by atoms with Gasteiger partial charge in [-0.1, -0.05) is 31.5 Å². The number of aromatic nitrogens is 4. The lowest BCUT2D eigenvalue weighted by Gasteiger charge is -2.56. The Labute approximate surface area is 195 Å². The molecule has 2 unspecified atom stereocenters. The second kappa shape index (κ2) is 8.27. The molecule has 2 atom stereocenters. The maximum atomic E-state index is 13.6. The summed E-state index contributed by atoms with van der Waals surface area (Å²) >= 11 is 1.63. The lowest BCUT2D eigenvalue weighted by Crippen LogP contribution is -2.50. The Balaban J connectivity index is 1.26. The van der Waals surface area contributed by atoms with E-state index in [0.29, 0.717) is 23.5 Å². The van der Waals surface area contributed by atoms with E-state index in [1.165, 1.54) is 38.5 Å². The van der Waals surface area contributed by atoms with Gasteiger partial charge in [0, 0.05) is 29.4 Å². The van der Waals surface area contributed by atoms with Gasteiger partial charge in [-0.3, -0.25) is 14.3 Å². The van der Waals surface area contributed by atoms with Crippen molar-refractivity contribution in [3.63, 3.8) is 0 Å². The molecule has 5 aliphatic carbocycles. The van der Waals surface area contributed by atoms with Crippen LogP contribution in [-0.4, -0.2) is 31.3 Å². The molecular formula is C26H34N4OS. The molecule has 5 aliphatic rings. The molecule has 7 rings (SSSR count). The van der Waals surface area contributed by atoms with Crippen molar-refractivity contribution in [3.05, 3.63) is 24.5 Å². The van der Waals surface area contributed by atoms with Gasteiger partial charge in [0.05, 0.1) is 5.75 Å². The molecule has 0 aromatic carbocycles. The summed E-state index contributed by atoms with van der Waals surface area (Å²) in [6.07, 6.45) is 16.2. The first-order valence-corrected chi connectivity index (χ1v) is 13.6. The highest BCUT2D eigenvalue weighted by atomic mass is 32.2. The van der Waals surface area contributed by atoms with Gasteiger partial charge in [-0.15, -0.1) is 10.2 Å².